The SMILES string of the molecule is Cc1cccc(CCCN2CCN(C(=O)Oc3ccc(NC(=O)C4CCCCC4)cc3)CC2)n1. The molecule has 1 saturated heterocycles. The van der Waals surface area contributed by atoms with Crippen molar-refractivity contribution in [3.63, 3.8) is 0 Å². The third-order valence-corrected chi connectivity index (χ3v) is 6.79. The molecule has 182 valence electrons. The van der Waals surface area contributed by atoms with Gasteiger partial charge >= 0.3 is 6.09 Å². The highest BCUT2D eigenvalue weighted by atomic mass is 16.6. The molecule has 1 aromatic heterocycles. The van der Waals surface area contributed by atoms with Crippen LogP contribution in [-0.2, 0) is 11.2 Å². The number of anilines is 1. The van der Waals surface area contributed by atoms with Gasteiger partial charge in [-0.15, -0.1) is 0 Å². The van der Waals surface area contributed by atoms with E-state index < -0.39 is 0 Å². The Morgan fingerprint density at radius 1 is 1.00 bits per heavy atom. The van der Waals surface area contributed by atoms with Crippen LogP contribution in [0.4, 0.5) is 10.5 Å². The van der Waals surface area contributed by atoms with E-state index >= 15 is 0 Å². The van der Waals surface area contributed by atoms with E-state index in [0.717, 1.165) is 75.2 Å². The molecule has 2 fully saturated rings. The summed E-state index contributed by atoms with van der Waals surface area (Å²) >= 11 is 0. The molecule has 4 rings (SSSR count). The van der Waals surface area contributed by atoms with Crippen molar-refractivity contribution in [2.75, 3.05) is 38.0 Å². The Labute approximate surface area is 202 Å². The number of amides is 2. The summed E-state index contributed by atoms with van der Waals surface area (Å²) in [5.41, 5.74) is 2.94. The highest BCUT2D eigenvalue weighted by Crippen LogP contribution is 2.25. The highest BCUT2D eigenvalue weighted by Gasteiger charge is 2.23. The molecule has 0 atom stereocenters. The molecule has 1 N–H and O–H groups in total. The summed E-state index contributed by atoms with van der Waals surface area (Å²) in [4.78, 5) is 33.7. The quantitative estimate of drug-likeness (QED) is 0.645. The van der Waals surface area contributed by atoms with Crippen LogP contribution >= 0.6 is 0 Å². The molecule has 0 bridgehead atoms. The number of aryl methyl sites for hydroxylation is 2. The molecule has 0 spiro atoms. The van der Waals surface area contributed by atoms with Crippen LogP contribution < -0.4 is 10.1 Å². The number of carbonyl (C=O) groups excluding carboxylic acids is 2. The molecule has 0 radical (unpaired) electrons. The molecule has 0 unspecified atom stereocenters. The number of rotatable bonds is 7. The van der Waals surface area contributed by atoms with E-state index in [1.807, 2.05) is 13.0 Å². The summed E-state index contributed by atoms with van der Waals surface area (Å²) < 4.78 is 5.56. The van der Waals surface area contributed by atoms with Crippen molar-refractivity contribution < 1.29 is 14.3 Å². The number of nitrogens with one attached hydrogen (secondary N) is 1. The van der Waals surface area contributed by atoms with Gasteiger partial charge in [-0.25, -0.2) is 4.79 Å². The topological polar surface area (TPSA) is 74.8 Å². The summed E-state index contributed by atoms with van der Waals surface area (Å²) in [6, 6.07) is 13.2. The van der Waals surface area contributed by atoms with Gasteiger partial charge in [0.1, 0.15) is 5.75 Å². The van der Waals surface area contributed by atoms with Crippen molar-refractivity contribution in [1.29, 1.82) is 0 Å². The number of ether oxygens (including phenoxy) is 1. The molecule has 1 saturated carbocycles. The first kappa shape index (κ1) is 24.2. The Kier molecular flexibility index (Phi) is 8.52. The molecule has 2 amide bonds. The average molecular weight is 465 g/mol. The first-order chi connectivity index (χ1) is 16.6. The lowest BCUT2D eigenvalue weighted by Gasteiger charge is -2.34. The number of aromatic nitrogens is 1. The van der Waals surface area contributed by atoms with Crippen molar-refractivity contribution in [2.24, 2.45) is 5.92 Å². The van der Waals surface area contributed by atoms with Crippen molar-refractivity contribution in [2.45, 2.75) is 51.9 Å². The summed E-state index contributed by atoms with van der Waals surface area (Å²) in [6.07, 6.45) is 7.15. The van der Waals surface area contributed by atoms with Crippen LogP contribution in [0.25, 0.3) is 0 Å². The maximum absolute atomic E-state index is 12.6. The third-order valence-electron chi connectivity index (χ3n) is 6.79. The zero-order valence-corrected chi connectivity index (χ0v) is 20.2. The van der Waals surface area contributed by atoms with Crippen LogP contribution in [0, 0.1) is 12.8 Å². The van der Waals surface area contributed by atoms with Crippen LogP contribution in [0.1, 0.15) is 49.9 Å². The third kappa shape index (κ3) is 7.03. The smallest absolute Gasteiger partial charge is 0.410 e. The largest absolute Gasteiger partial charge is 0.415 e. The van der Waals surface area contributed by atoms with E-state index in [-0.39, 0.29) is 17.9 Å². The normalized spacial score (nSPS) is 17.4. The minimum Gasteiger partial charge on any atom is -0.410 e. The van der Waals surface area contributed by atoms with Gasteiger partial charge in [-0.05, 0) is 75.5 Å². The van der Waals surface area contributed by atoms with Gasteiger partial charge in [-0.1, -0.05) is 25.3 Å². The molecule has 7 heteroatoms. The van der Waals surface area contributed by atoms with Crippen LogP contribution in [0.5, 0.6) is 5.75 Å². The molecular formula is C27H36N4O3. The maximum atomic E-state index is 12.6. The summed E-state index contributed by atoms with van der Waals surface area (Å²) in [6.45, 7) is 6.05. The Morgan fingerprint density at radius 3 is 2.44 bits per heavy atom. The second kappa shape index (κ2) is 12.0. The van der Waals surface area contributed by atoms with Crippen LogP contribution in [-0.4, -0.2) is 59.5 Å². The number of carbonyl (C=O) groups is 2. The Balaban J connectivity index is 1.16. The molecule has 34 heavy (non-hydrogen) atoms. The fourth-order valence-electron chi connectivity index (χ4n) is 4.76. The van der Waals surface area contributed by atoms with Gasteiger partial charge in [-0.3, -0.25) is 14.7 Å². The number of piperazine rings is 1. The van der Waals surface area contributed by atoms with E-state index in [0.29, 0.717) is 18.8 Å². The zero-order valence-electron chi connectivity index (χ0n) is 20.2. The molecule has 2 heterocycles. The molecule has 2 aromatic rings. The van der Waals surface area contributed by atoms with Gasteiger partial charge in [0.15, 0.2) is 0 Å². The summed E-state index contributed by atoms with van der Waals surface area (Å²) in [7, 11) is 0. The summed E-state index contributed by atoms with van der Waals surface area (Å²) in [5.74, 6) is 0.704. The lowest BCUT2D eigenvalue weighted by Crippen LogP contribution is -2.49. The first-order valence-corrected chi connectivity index (χ1v) is 12.6. The molecular weight excluding hydrogens is 428 g/mol. The van der Waals surface area contributed by atoms with Crippen molar-refractivity contribution in [1.82, 2.24) is 14.8 Å². The molecule has 2 aliphatic rings. The minimum absolute atomic E-state index is 0.0949. The standard InChI is InChI=1S/C27H36N4O3/c1-21-7-5-10-23(28-21)11-6-16-30-17-19-31(20-18-30)27(33)34-25-14-12-24(13-15-25)29-26(32)22-8-3-2-4-9-22/h5,7,10,12-15,22H,2-4,6,8-9,11,16-20H2,1H3,(H,29,32). The predicted octanol–water partition coefficient (Wildman–Crippen LogP) is 4.66. The van der Waals surface area contributed by atoms with E-state index in [2.05, 4.69) is 27.3 Å². The van der Waals surface area contributed by atoms with E-state index in [9.17, 15) is 9.59 Å². The van der Waals surface area contributed by atoms with Crippen molar-refractivity contribution in [3.05, 3.63) is 53.9 Å². The fourth-order valence-corrected chi connectivity index (χ4v) is 4.76. The fraction of sp³-hybridized carbons (Fsp3) is 0.519. The van der Waals surface area contributed by atoms with E-state index in [1.165, 1.54) is 6.42 Å². The predicted molar refractivity (Wildman–Crippen MR) is 133 cm³/mol. The van der Waals surface area contributed by atoms with E-state index in [1.54, 1.807) is 29.2 Å². The number of hydrogen-bond acceptors (Lipinski definition) is 5. The van der Waals surface area contributed by atoms with E-state index in [4.69, 9.17) is 4.74 Å². The number of hydrogen-bond donors (Lipinski definition) is 1. The van der Waals surface area contributed by atoms with Crippen molar-refractivity contribution >= 4 is 17.7 Å². The van der Waals surface area contributed by atoms with Gasteiger partial charge in [0.2, 0.25) is 5.91 Å². The van der Waals surface area contributed by atoms with Crippen LogP contribution in [0.3, 0.4) is 0 Å². The molecule has 7 nitrogen and oxygen atoms in total. The van der Waals surface area contributed by atoms with Gasteiger partial charge in [0, 0.05) is 49.2 Å². The Bertz CT molecular complexity index is 949. The van der Waals surface area contributed by atoms with Gasteiger partial charge < -0.3 is 15.0 Å². The number of nitrogens with zero attached hydrogens (tertiary/aromatic N) is 3. The second-order valence-corrected chi connectivity index (χ2v) is 9.42. The van der Waals surface area contributed by atoms with Crippen molar-refractivity contribution in [3.8, 4) is 5.75 Å². The molecule has 1 aliphatic carbocycles. The summed E-state index contributed by atoms with van der Waals surface area (Å²) in [5, 5.41) is 2.99. The van der Waals surface area contributed by atoms with Gasteiger partial charge in [0.25, 0.3) is 0 Å². The highest BCUT2D eigenvalue weighted by molar-refractivity contribution is 5.92. The lowest BCUT2D eigenvalue weighted by atomic mass is 9.88. The van der Waals surface area contributed by atoms with Gasteiger partial charge in [0.05, 0.1) is 0 Å². The number of pyridine rings is 1. The molecule has 1 aromatic carbocycles. The zero-order chi connectivity index (χ0) is 23.8. The van der Waals surface area contributed by atoms with Gasteiger partial charge in [-0.2, -0.15) is 0 Å². The molecule has 1 aliphatic heterocycles. The minimum atomic E-state index is -0.317. The second-order valence-electron chi connectivity index (χ2n) is 9.42. The number of benzene rings is 1. The first-order valence-electron chi connectivity index (χ1n) is 12.6. The van der Waals surface area contributed by atoms with Crippen LogP contribution in [0.2, 0.25) is 0 Å². The Hall–Kier alpha value is -2.93. The Morgan fingerprint density at radius 2 is 1.74 bits per heavy atom. The van der Waals surface area contributed by atoms with Crippen LogP contribution in [0.15, 0.2) is 42.5 Å². The maximum Gasteiger partial charge on any atom is 0.415 e. The monoisotopic (exact) mass is 464 g/mol. The lowest BCUT2D eigenvalue weighted by molar-refractivity contribution is -0.120. The average Bonchev–Trinajstić information content (AvgIpc) is 2.86.